The fraction of sp³-hybridized carbons (Fsp3) is 0.818. The number of hydrogen-bond donors (Lipinski definition) is 3. The Labute approximate surface area is 101 Å². The Morgan fingerprint density at radius 3 is 2.35 bits per heavy atom. The monoisotopic (exact) mass is 240 g/mol. The van der Waals surface area contributed by atoms with Gasteiger partial charge in [-0.05, 0) is 19.3 Å². The van der Waals surface area contributed by atoms with E-state index in [1.807, 2.05) is 4.90 Å². The molecule has 17 heavy (non-hydrogen) atoms. The van der Waals surface area contributed by atoms with Gasteiger partial charge in [0.2, 0.25) is 11.8 Å². The molecule has 0 aromatic heterocycles. The molecule has 0 aromatic carbocycles. The molecule has 0 bridgehead atoms. The maximum Gasteiger partial charge on any atom is 0.231 e. The predicted molar refractivity (Wildman–Crippen MR) is 62.9 cm³/mol. The van der Waals surface area contributed by atoms with E-state index in [1.54, 1.807) is 0 Å². The van der Waals surface area contributed by atoms with Crippen LogP contribution in [0.25, 0.3) is 0 Å². The Morgan fingerprint density at radius 2 is 1.88 bits per heavy atom. The summed E-state index contributed by atoms with van der Waals surface area (Å²) in [5, 5.41) is 3.02. The van der Waals surface area contributed by atoms with E-state index in [2.05, 4.69) is 5.32 Å². The molecule has 6 nitrogen and oxygen atoms in total. The van der Waals surface area contributed by atoms with E-state index in [-0.39, 0.29) is 29.8 Å². The molecule has 2 aliphatic rings. The number of primary amides is 1. The van der Waals surface area contributed by atoms with Crippen molar-refractivity contribution in [3.63, 3.8) is 0 Å². The normalized spacial score (nSPS) is 29.9. The first kappa shape index (κ1) is 12.3. The zero-order valence-electron chi connectivity index (χ0n) is 9.89. The first-order valence-corrected chi connectivity index (χ1v) is 6.13. The Kier molecular flexibility index (Phi) is 3.63. The van der Waals surface area contributed by atoms with Gasteiger partial charge >= 0.3 is 0 Å². The lowest BCUT2D eigenvalue weighted by Gasteiger charge is -2.31. The Morgan fingerprint density at radius 1 is 1.29 bits per heavy atom. The van der Waals surface area contributed by atoms with Crippen molar-refractivity contribution in [2.24, 2.45) is 17.4 Å². The number of nitrogens with two attached hydrogens (primary N) is 2. The maximum absolute atomic E-state index is 11.7. The van der Waals surface area contributed by atoms with Crippen LogP contribution in [0.15, 0.2) is 0 Å². The van der Waals surface area contributed by atoms with Crippen LogP contribution in [0.3, 0.4) is 0 Å². The second kappa shape index (κ2) is 5.01. The molecule has 1 saturated carbocycles. The molecule has 1 aliphatic heterocycles. The van der Waals surface area contributed by atoms with E-state index in [0.29, 0.717) is 6.54 Å². The molecule has 0 radical (unpaired) electrons. The molecular weight excluding hydrogens is 220 g/mol. The molecule has 0 spiro atoms. The van der Waals surface area contributed by atoms with Crippen LogP contribution in [0.5, 0.6) is 0 Å². The Hall–Kier alpha value is -1.14. The summed E-state index contributed by atoms with van der Waals surface area (Å²) in [5.41, 5.74) is 10.8. The van der Waals surface area contributed by atoms with Gasteiger partial charge in [0.15, 0.2) is 0 Å². The molecule has 2 fully saturated rings. The van der Waals surface area contributed by atoms with Crippen molar-refractivity contribution in [2.45, 2.75) is 31.3 Å². The van der Waals surface area contributed by atoms with Crippen LogP contribution in [0.1, 0.15) is 19.3 Å². The second-order valence-electron chi connectivity index (χ2n) is 5.03. The van der Waals surface area contributed by atoms with Crippen LogP contribution >= 0.6 is 0 Å². The van der Waals surface area contributed by atoms with E-state index in [4.69, 9.17) is 11.5 Å². The number of hydrogen-bond acceptors (Lipinski definition) is 4. The zero-order valence-corrected chi connectivity index (χ0v) is 9.89. The highest BCUT2D eigenvalue weighted by molar-refractivity contribution is 5.82. The standard InChI is InChI=1S/C11H20N4O2/c12-9-5-8(9)11(17)14-7-1-3-15(4-2-7)6-10(13)16/h7-9H,1-6,12H2,(H2,13,16)(H,14,17). The minimum Gasteiger partial charge on any atom is -0.369 e. The van der Waals surface area contributed by atoms with Crippen LogP contribution in [-0.4, -0.2) is 48.4 Å². The molecule has 1 aliphatic carbocycles. The molecule has 1 heterocycles. The quantitative estimate of drug-likeness (QED) is 0.551. The van der Waals surface area contributed by atoms with Crippen LogP contribution in [-0.2, 0) is 9.59 Å². The zero-order chi connectivity index (χ0) is 12.4. The number of nitrogens with one attached hydrogen (secondary N) is 1. The number of piperidine rings is 1. The second-order valence-corrected chi connectivity index (χ2v) is 5.03. The Bertz CT molecular complexity index is 313. The fourth-order valence-electron chi connectivity index (χ4n) is 2.28. The highest BCUT2D eigenvalue weighted by atomic mass is 16.2. The third-order valence-corrected chi connectivity index (χ3v) is 3.49. The first-order chi connectivity index (χ1) is 8.06. The number of rotatable bonds is 4. The molecule has 2 rings (SSSR count). The molecule has 6 heteroatoms. The van der Waals surface area contributed by atoms with Gasteiger partial charge in [0.05, 0.1) is 12.5 Å². The summed E-state index contributed by atoms with van der Waals surface area (Å²) >= 11 is 0. The average molecular weight is 240 g/mol. The first-order valence-electron chi connectivity index (χ1n) is 6.13. The lowest BCUT2D eigenvalue weighted by Crippen LogP contribution is -2.47. The molecular formula is C11H20N4O2. The van der Waals surface area contributed by atoms with E-state index < -0.39 is 0 Å². The van der Waals surface area contributed by atoms with Gasteiger partial charge in [-0.1, -0.05) is 0 Å². The molecule has 5 N–H and O–H groups in total. The van der Waals surface area contributed by atoms with Crippen LogP contribution in [0.2, 0.25) is 0 Å². The Balaban J connectivity index is 1.68. The number of amides is 2. The van der Waals surface area contributed by atoms with E-state index in [0.717, 1.165) is 32.4 Å². The summed E-state index contributed by atoms with van der Waals surface area (Å²) in [7, 11) is 0. The molecule has 2 atom stereocenters. The van der Waals surface area contributed by atoms with Crippen molar-refractivity contribution in [1.82, 2.24) is 10.2 Å². The van der Waals surface area contributed by atoms with E-state index in [9.17, 15) is 9.59 Å². The summed E-state index contributed by atoms with van der Waals surface area (Å²) < 4.78 is 0. The maximum atomic E-state index is 11.7. The van der Waals surface area contributed by atoms with Gasteiger partial charge in [0.1, 0.15) is 0 Å². The van der Waals surface area contributed by atoms with Gasteiger partial charge in [-0.15, -0.1) is 0 Å². The van der Waals surface area contributed by atoms with Crippen LogP contribution < -0.4 is 16.8 Å². The number of nitrogens with zero attached hydrogens (tertiary/aromatic N) is 1. The smallest absolute Gasteiger partial charge is 0.231 e. The minimum atomic E-state index is -0.295. The largest absolute Gasteiger partial charge is 0.369 e. The van der Waals surface area contributed by atoms with Gasteiger partial charge in [0, 0.05) is 25.2 Å². The molecule has 96 valence electrons. The number of carbonyl (C=O) groups is 2. The summed E-state index contributed by atoms with van der Waals surface area (Å²) in [6.45, 7) is 1.93. The number of carbonyl (C=O) groups excluding carboxylic acids is 2. The highest BCUT2D eigenvalue weighted by Crippen LogP contribution is 2.28. The average Bonchev–Trinajstić information content (AvgIpc) is 2.98. The molecule has 2 unspecified atom stereocenters. The van der Waals surface area contributed by atoms with Crippen LogP contribution in [0.4, 0.5) is 0 Å². The van der Waals surface area contributed by atoms with Crippen molar-refractivity contribution in [2.75, 3.05) is 19.6 Å². The summed E-state index contributed by atoms with van der Waals surface area (Å²) in [4.78, 5) is 24.4. The lowest BCUT2D eigenvalue weighted by molar-refractivity contribution is -0.124. The van der Waals surface area contributed by atoms with Gasteiger partial charge < -0.3 is 16.8 Å². The van der Waals surface area contributed by atoms with Crippen molar-refractivity contribution in [1.29, 1.82) is 0 Å². The molecule has 0 aromatic rings. The third kappa shape index (κ3) is 3.41. The van der Waals surface area contributed by atoms with Crippen molar-refractivity contribution < 1.29 is 9.59 Å². The fourth-order valence-corrected chi connectivity index (χ4v) is 2.28. The van der Waals surface area contributed by atoms with Crippen molar-refractivity contribution in [3.8, 4) is 0 Å². The van der Waals surface area contributed by atoms with Crippen molar-refractivity contribution >= 4 is 11.8 Å². The predicted octanol–water partition coefficient (Wildman–Crippen LogP) is -1.60. The molecule has 2 amide bonds. The summed E-state index contributed by atoms with van der Waals surface area (Å²) in [6, 6.07) is 0.282. The molecule has 1 saturated heterocycles. The SMILES string of the molecule is NC(=O)CN1CCC(NC(=O)C2CC2N)CC1. The van der Waals surface area contributed by atoms with Crippen molar-refractivity contribution in [3.05, 3.63) is 0 Å². The van der Waals surface area contributed by atoms with Gasteiger partial charge in [-0.25, -0.2) is 0 Å². The van der Waals surface area contributed by atoms with Gasteiger partial charge in [0.25, 0.3) is 0 Å². The minimum absolute atomic E-state index is 0.0265. The lowest BCUT2D eigenvalue weighted by atomic mass is 10.0. The van der Waals surface area contributed by atoms with E-state index in [1.165, 1.54) is 0 Å². The van der Waals surface area contributed by atoms with Gasteiger partial charge in [-0.3, -0.25) is 14.5 Å². The number of likely N-dealkylation sites (tertiary alicyclic amines) is 1. The van der Waals surface area contributed by atoms with Crippen LogP contribution in [0, 0.1) is 5.92 Å². The highest BCUT2D eigenvalue weighted by Gasteiger charge is 2.40. The topological polar surface area (TPSA) is 101 Å². The van der Waals surface area contributed by atoms with E-state index >= 15 is 0 Å². The van der Waals surface area contributed by atoms with Gasteiger partial charge in [-0.2, -0.15) is 0 Å². The summed E-state index contributed by atoms with van der Waals surface area (Å²) in [6.07, 6.45) is 2.56. The third-order valence-electron chi connectivity index (χ3n) is 3.49. The summed E-state index contributed by atoms with van der Waals surface area (Å²) in [5.74, 6) is -0.180.